The fraction of sp³-hybridized carbons (Fsp3) is 0.778. The third-order valence-corrected chi connectivity index (χ3v) is 15.2. The smallest absolute Gasteiger partial charge is 0.469 e. The van der Waals surface area contributed by atoms with Crippen LogP contribution >= 0.6 is 0 Å². The molecule has 0 aromatic rings. The van der Waals surface area contributed by atoms with Crippen molar-refractivity contribution in [2.24, 2.45) is 0 Å². The molecule has 0 aliphatic heterocycles. The van der Waals surface area contributed by atoms with Gasteiger partial charge in [-0.25, -0.2) is 9.59 Å². The van der Waals surface area contributed by atoms with Crippen molar-refractivity contribution in [2.45, 2.75) is 90.1 Å². The van der Waals surface area contributed by atoms with Gasteiger partial charge in [0.05, 0.1) is 6.42 Å². The van der Waals surface area contributed by atoms with Crippen molar-refractivity contribution in [3.8, 4) is 0 Å². The number of aliphatic carboxylic acids is 1. The Kier molecular flexibility index (Phi) is 11.3. The van der Waals surface area contributed by atoms with Crippen molar-refractivity contribution in [2.75, 3.05) is 0 Å². The SMILES string of the molecule is C[Si](C)(C)O[Si](CCC(CC(F)(F)F)OC(=O)/C=C/C(=O)O)(O[Si](C)(C)C)O[Si](C)(C)C. The van der Waals surface area contributed by atoms with Crippen molar-refractivity contribution >= 4 is 45.7 Å². The molecule has 1 unspecified atom stereocenters. The molecule has 32 heavy (non-hydrogen) atoms. The van der Waals surface area contributed by atoms with Crippen molar-refractivity contribution in [1.82, 2.24) is 0 Å². The Labute approximate surface area is 193 Å². The Morgan fingerprint density at radius 3 is 1.56 bits per heavy atom. The zero-order valence-electron chi connectivity index (χ0n) is 20.4. The van der Waals surface area contributed by atoms with E-state index in [1.807, 2.05) is 58.9 Å². The first kappa shape index (κ1) is 31.2. The molecule has 1 N–H and O–H groups in total. The molecule has 0 rings (SSSR count). The van der Waals surface area contributed by atoms with E-state index in [4.69, 9.17) is 22.2 Å². The third-order valence-electron chi connectivity index (χ3n) is 3.26. The van der Waals surface area contributed by atoms with Crippen LogP contribution in [-0.4, -0.2) is 63.1 Å². The van der Waals surface area contributed by atoms with Gasteiger partial charge in [-0.05, 0) is 65.3 Å². The summed E-state index contributed by atoms with van der Waals surface area (Å²) in [5.41, 5.74) is 0. The van der Waals surface area contributed by atoms with E-state index in [9.17, 15) is 22.8 Å². The van der Waals surface area contributed by atoms with Gasteiger partial charge in [0.2, 0.25) is 0 Å². The topological polar surface area (TPSA) is 91.3 Å². The quantitative estimate of drug-likeness (QED) is 0.193. The van der Waals surface area contributed by atoms with Gasteiger partial charge in [0.1, 0.15) is 6.10 Å². The van der Waals surface area contributed by atoms with Crippen molar-refractivity contribution in [3.05, 3.63) is 12.2 Å². The summed E-state index contributed by atoms with van der Waals surface area (Å²) in [6, 6.07) is 0.0580. The zero-order valence-corrected chi connectivity index (χ0v) is 24.4. The third kappa shape index (κ3) is 16.8. The van der Waals surface area contributed by atoms with Crippen LogP contribution in [0.25, 0.3) is 0 Å². The highest BCUT2D eigenvalue weighted by atomic mass is 28.5. The summed E-state index contributed by atoms with van der Waals surface area (Å²) in [6.07, 6.45) is -6.54. The van der Waals surface area contributed by atoms with E-state index in [2.05, 4.69) is 0 Å². The van der Waals surface area contributed by atoms with Crippen LogP contribution in [0.2, 0.25) is 65.0 Å². The van der Waals surface area contributed by atoms with Gasteiger partial charge in [-0.1, -0.05) is 0 Å². The first-order valence-electron chi connectivity index (χ1n) is 10.3. The predicted octanol–water partition coefficient (Wildman–Crippen LogP) is 5.37. The number of carbonyl (C=O) groups excluding carboxylic acids is 1. The molecule has 0 radical (unpaired) electrons. The normalized spacial score (nSPS) is 15.1. The number of rotatable bonds is 13. The standard InChI is InChI=1S/C18H37F3O7Si4/c1-29(2,3)26-32(27-30(4,5)6,28-31(7,8)9)13-12-15(14-18(19,20)21)25-17(24)11-10-16(22)23/h10-11,15H,12-14H2,1-9H3,(H,22,23)/b11-10+. The van der Waals surface area contributed by atoms with Crippen LogP contribution in [0.3, 0.4) is 0 Å². The number of halogens is 3. The maximum Gasteiger partial charge on any atom is 0.469 e. The van der Waals surface area contributed by atoms with Gasteiger partial charge < -0.3 is 22.2 Å². The minimum absolute atomic E-state index is 0.0580. The molecule has 7 nitrogen and oxygen atoms in total. The number of carbonyl (C=O) groups is 2. The van der Waals surface area contributed by atoms with E-state index in [1.165, 1.54) is 0 Å². The summed E-state index contributed by atoms with van der Waals surface area (Å²) in [7, 11) is -10.1. The molecule has 0 aliphatic carbocycles. The second-order valence-corrected chi connectivity index (χ2v) is 27.4. The Balaban J connectivity index is 5.94. The fourth-order valence-electron chi connectivity index (χ4n) is 2.76. The van der Waals surface area contributed by atoms with Gasteiger partial charge in [-0.15, -0.1) is 0 Å². The van der Waals surface area contributed by atoms with Crippen LogP contribution < -0.4 is 0 Å². The summed E-state index contributed by atoms with van der Waals surface area (Å²) in [5, 5.41) is 8.61. The number of carboxylic acid groups (broad SMARTS) is 1. The minimum Gasteiger partial charge on any atom is -0.478 e. The van der Waals surface area contributed by atoms with E-state index < -0.39 is 64.4 Å². The first-order chi connectivity index (χ1) is 14.0. The van der Waals surface area contributed by atoms with E-state index in [0.29, 0.717) is 12.2 Å². The second kappa shape index (κ2) is 11.6. The van der Waals surface area contributed by atoms with Gasteiger partial charge in [0.15, 0.2) is 25.0 Å². The lowest BCUT2D eigenvalue weighted by molar-refractivity contribution is -0.169. The number of ether oxygens (including phenoxy) is 1. The van der Waals surface area contributed by atoms with Crippen LogP contribution in [0.15, 0.2) is 12.2 Å². The number of hydrogen-bond acceptors (Lipinski definition) is 6. The average Bonchev–Trinajstić information content (AvgIpc) is 2.43. The maximum absolute atomic E-state index is 13.1. The molecule has 0 aromatic heterocycles. The fourth-order valence-corrected chi connectivity index (χ4v) is 17.5. The monoisotopic (exact) mass is 534 g/mol. The highest BCUT2D eigenvalue weighted by Crippen LogP contribution is 2.33. The molecule has 0 saturated heterocycles. The lowest BCUT2D eigenvalue weighted by Gasteiger charge is -2.43. The summed E-state index contributed by atoms with van der Waals surface area (Å²) < 4.78 is 63.7. The summed E-state index contributed by atoms with van der Waals surface area (Å²) in [6.45, 7) is 17.6. The average molecular weight is 535 g/mol. The highest BCUT2D eigenvalue weighted by molar-refractivity contribution is 6.90. The predicted molar refractivity (Wildman–Crippen MR) is 126 cm³/mol. The molecule has 1 atom stereocenters. The maximum atomic E-state index is 13.1. The lowest BCUT2D eigenvalue weighted by atomic mass is 10.2. The van der Waals surface area contributed by atoms with Gasteiger partial charge in [-0.3, -0.25) is 0 Å². The van der Waals surface area contributed by atoms with Crippen LogP contribution in [0.5, 0.6) is 0 Å². The summed E-state index contributed by atoms with van der Waals surface area (Å²) >= 11 is 0. The van der Waals surface area contributed by atoms with E-state index in [-0.39, 0.29) is 12.5 Å². The van der Waals surface area contributed by atoms with Crippen molar-refractivity contribution in [3.63, 3.8) is 0 Å². The molecule has 0 saturated carbocycles. The Bertz CT molecular complexity index is 625. The first-order valence-corrected chi connectivity index (χ1v) is 22.5. The molecule has 0 heterocycles. The van der Waals surface area contributed by atoms with Gasteiger partial charge in [-0.2, -0.15) is 13.2 Å². The highest BCUT2D eigenvalue weighted by Gasteiger charge is 2.50. The van der Waals surface area contributed by atoms with E-state index >= 15 is 0 Å². The van der Waals surface area contributed by atoms with Crippen molar-refractivity contribution in [1.29, 1.82) is 0 Å². The molecule has 14 heteroatoms. The van der Waals surface area contributed by atoms with Crippen LogP contribution in [-0.2, 0) is 26.7 Å². The van der Waals surface area contributed by atoms with Crippen LogP contribution in [0, 0.1) is 0 Å². The van der Waals surface area contributed by atoms with Gasteiger partial charge >= 0.3 is 26.9 Å². The molecule has 0 spiro atoms. The Morgan fingerprint density at radius 1 is 0.844 bits per heavy atom. The molecule has 0 bridgehead atoms. The molecule has 0 amide bonds. The van der Waals surface area contributed by atoms with Gasteiger partial charge in [0, 0.05) is 18.2 Å². The number of esters is 1. The summed E-state index contributed by atoms with van der Waals surface area (Å²) in [4.78, 5) is 22.4. The van der Waals surface area contributed by atoms with Gasteiger partial charge in [0.25, 0.3) is 0 Å². The molecular formula is C18H37F3O7Si4. The molecule has 188 valence electrons. The van der Waals surface area contributed by atoms with Crippen LogP contribution in [0.4, 0.5) is 13.2 Å². The second-order valence-electron chi connectivity index (χ2n) is 10.4. The number of alkyl halides is 3. The van der Waals surface area contributed by atoms with Crippen LogP contribution in [0.1, 0.15) is 12.8 Å². The Morgan fingerprint density at radius 2 is 1.25 bits per heavy atom. The minimum atomic E-state index is -4.58. The van der Waals surface area contributed by atoms with E-state index in [0.717, 1.165) is 0 Å². The Hall–Kier alpha value is -0.782. The lowest BCUT2D eigenvalue weighted by Crippen LogP contribution is -2.60. The van der Waals surface area contributed by atoms with E-state index in [1.54, 1.807) is 0 Å². The summed E-state index contributed by atoms with van der Waals surface area (Å²) in [5.74, 6) is -2.56. The molecular weight excluding hydrogens is 498 g/mol. The number of carboxylic acids is 1. The largest absolute Gasteiger partial charge is 0.478 e. The molecule has 0 fully saturated rings. The number of hydrogen-bond donors (Lipinski definition) is 1. The molecule has 0 aliphatic rings. The molecule has 0 aromatic carbocycles. The zero-order chi connectivity index (χ0) is 25.6. The van der Waals surface area contributed by atoms with Crippen molar-refractivity contribution < 1.29 is 44.9 Å².